The van der Waals surface area contributed by atoms with Gasteiger partial charge in [-0.1, -0.05) is 29.8 Å². The number of aryl methyl sites for hydroxylation is 1. The zero-order chi connectivity index (χ0) is 13.1. The molecule has 18 heavy (non-hydrogen) atoms. The zero-order valence-corrected chi connectivity index (χ0v) is 9.86. The standard InChI is InChI=1S/C14H13F2NO/c1-9-3-2-4-10(7-9)12-8-11(18-14(15)16)5-6-13(12)17/h2-8,14H,17H2,1H3. The Bertz CT molecular complexity index is 555. The molecule has 94 valence electrons. The largest absolute Gasteiger partial charge is 0.435 e. The average Bonchev–Trinajstić information content (AvgIpc) is 2.31. The monoisotopic (exact) mass is 249 g/mol. The second kappa shape index (κ2) is 5.04. The van der Waals surface area contributed by atoms with E-state index in [4.69, 9.17) is 5.73 Å². The van der Waals surface area contributed by atoms with Crippen LogP contribution in [0.25, 0.3) is 11.1 Å². The van der Waals surface area contributed by atoms with E-state index >= 15 is 0 Å². The van der Waals surface area contributed by atoms with Crippen LogP contribution in [-0.4, -0.2) is 6.61 Å². The van der Waals surface area contributed by atoms with Crippen molar-refractivity contribution in [1.82, 2.24) is 0 Å². The fourth-order valence-electron chi connectivity index (χ4n) is 1.77. The number of rotatable bonds is 3. The van der Waals surface area contributed by atoms with Crippen LogP contribution in [0.4, 0.5) is 14.5 Å². The third-order valence-electron chi connectivity index (χ3n) is 2.58. The van der Waals surface area contributed by atoms with E-state index in [2.05, 4.69) is 4.74 Å². The van der Waals surface area contributed by atoms with Crippen molar-refractivity contribution in [2.24, 2.45) is 0 Å². The predicted octanol–water partition coefficient (Wildman–Crippen LogP) is 3.85. The van der Waals surface area contributed by atoms with E-state index < -0.39 is 6.61 Å². The highest BCUT2D eigenvalue weighted by molar-refractivity contribution is 5.77. The summed E-state index contributed by atoms with van der Waals surface area (Å²) in [6.45, 7) is -0.877. The van der Waals surface area contributed by atoms with Gasteiger partial charge in [0, 0.05) is 11.3 Å². The summed E-state index contributed by atoms with van der Waals surface area (Å²) in [6.07, 6.45) is 0. The Kier molecular flexibility index (Phi) is 3.46. The lowest BCUT2D eigenvalue weighted by atomic mass is 10.0. The van der Waals surface area contributed by atoms with Crippen molar-refractivity contribution in [3.63, 3.8) is 0 Å². The maximum absolute atomic E-state index is 12.2. The number of hydrogen-bond acceptors (Lipinski definition) is 2. The summed E-state index contributed by atoms with van der Waals surface area (Å²) >= 11 is 0. The predicted molar refractivity (Wildman–Crippen MR) is 67.7 cm³/mol. The highest BCUT2D eigenvalue weighted by Crippen LogP contribution is 2.30. The van der Waals surface area contributed by atoms with Crippen molar-refractivity contribution in [2.45, 2.75) is 13.5 Å². The molecule has 2 N–H and O–H groups in total. The Morgan fingerprint density at radius 3 is 2.56 bits per heavy atom. The number of ether oxygens (including phenoxy) is 1. The Morgan fingerprint density at radius 1 is 1.11 bits per heavy atom. The van der Waals surface area contributed by atoms with Crippen molar-refractivity contribution in [3.05, 3.63) is 48.0 Å². The molecule has 0 heterocycles. The number of benzene rings is 2. The van der Waals surface area contributed by atoms with Gasteiger partial charge >= 0.3 is 6.61 Å². The van der Waals surface area contributed by atoms with Gasteiger partial charge in [0.15, 0.2) is 0 Å². The summed E-state index contributed by atoms with van der Waals surface area (Å²) in [5.41, 5.74) is 9.04. The number of hydrogen-bond donors (Lipinski definition) is 1. The third kappa shape index (κ3) is 2.77. The summed E-state index contributed by atoms with van der Waals surface area (Å²) in [7, 11) is 0. The number of nitrogen functional groups attached to an aromatic ring is 1. The second-order valence-electron chi connectivity index (χ2n) is 4.00. The highest BCUT2D eigenvalue weighted by atomic mass is 19.3. The minimum absolute atomic E-state index is 0.107. The summed E-state index contributed by atoms with van der Waals surface area (Å²) in [5.74, 6) is 0.107. The number of halogens is 2. The fraction of sp³-hybridized carbons (Fsp3) is 0.143. The SMILES string of the molecule is Cc1cccc(-c2cc(OC(F)F)ccc2N)c1. The van der Waals surface area contributed by atoms with Crippen LogP contribution in [0.3, 0.4) is 0 Å². The third-order valence-corrected chi connectivity index (χ3v) is 2.58. The lowest BCUT2D eigenvalue weighted by Crippen LogP contribution is -2.02. The molecule has 0 amide bonds. The van der Waals surface area contributed by atoms with E-state index in [-0.39, 0.29) is 5.75 Å². The van der Waals surface area contributed by atoms with Crippen LogP contribution >= 0.6 is 0 Å². The second-order valence-corrected chi connectivity index (χ2v) is 4.00. The van der Waals surface area contributed by atoms with Crippen LogP contribution < -0.4 is 10.5 Å². The molecule has 0 saturated carbocycles. The molecular formula is C14H13F2NO. The Morgan fingerprint density at radius 2 is 1.89 bits per heavy atom. The number of nitrogens with two attached hydrogens (primary N) is 1. The van der Waals surface area contributed by atoms with E-state index in [0.29, 0.717) is 11.3 Å². The molecule has 0 spiro atoms. The smallest absolute Gasteiger partial charge is 0.387 e. The van der Waals surface area contributed by atoms with Gasteiger partial charge < -0.3 is 10.5 Å². The van der Waals surface area contributed by atoms with Crippen molar-refractivity contribution in [1.29, 1.82) is 0 Å². The van der Waals surface area contributed by atoms with Crippen molar-refractivity contribution in [2.75, 3.05) is 5.73 Å². The summed E-state index contributed by atoms with van der Waals surface area (Å²) < 4.78 is 28.7. The molecule has 0 saturated heterocycles. The molecule has 4 heteroatoms. The summed E-state index contributed by atoms with van der Waals surface area (Å²) in [4.78, 5) is 0. The van der Waals surface area contributed by atoms with Crippen LogP contribution in [-0.2, 0) is 0 Å². The molecule has 0 aliphatic rings. The highest BCUT2D eigenvalue weighted by Gasteiger charge is 2.08. The van der Waals surface area contributed by atoms with Crippen LogP contribution in [0, 0.1) is 6.92 Å². The van der Waals surface area contributed by atoms with Gasteiger partial charge in [0.25, 0.3) is 0 Å². The van der Waals surface area contributed by atoms with Gasteiger partial charge in [-0.25, -0.2) is 0 Å². The van der Waals surface area contributed by atoms with Crippen LogP contribution in [0.5, 0.6) is 5.75 Å². The van der Waals surface area contributed by atoms with Gasteiger partial charge in [-0.2, -0.15) is 8.78 Å². The van der Waals surface area contributed by atoms with E-state index in [0.717, 1.165) is 11.1 Å². The number of anilines is 1. The van der Waals surface area contributed by atoms with Crippen molar-refractivity contribution >= 4 is 5.69 Å². The minimum atomic E-state index is -2.83. The molecule has 2 aromatic rings. The molecule has 2 rings (SSSR count). The first-order chi connectivity index (χ1) is 8.56. The average molecular weight is 249 g/mol. The van der Waals surface area contributed by atoms with Crippen LogP contribution in [0.15, 0.2) is 42.5 Å². The number of alkyl halides is 2. The quantitative estimate of drug-likeness (QED) is 0.838. The van der Waals surface area contributed by atoms with Crippen molar-refractivity contribution < 1.29 is 13.5 Å². The van der Waals surface area contributed by atoms with Crippen LogP contribution in [0.1, 0.15) is 5.56 Å². The molecule has 0 bridgehead atoms. The first-order valence-corrected chi connectivity index (χ1v) is 5.47. The van der Waals surface area contributed by atoms with Gasteiger partial charge in [0.1, 0.15) is 5.75 Å². The van der Waals surface area contributed by atoms with E-state index in [1.165, 1.54) is 12.1 Å². The van der Waals surface area contributed by atoms with Gasteiger partial charge in [-0.3, -0.25) is 0 Å². The van der Waals surface area contributed by atoms with Gasteiger partial charge in [0.2, 0.25) is 0 Å². The molecule has 0 unspecified atom stereocenters. The normalized spacial score (nSPS) is 10.7. The Labute approximate surface area is 104 Å². The lowest BCUT2D eigenvalue weighted by molar-refractivity contribution is -0.0498. The first-order valence-electron chi connectivity index (χ1n) is 5.47. The summed E-state index contributed by atoms with van der Waals surface area (Å²) in [5, 5.41) is 0. The topological polar surface area (TPSA) is 35.2 Å². The van der Waals surface area contributed by atoms with E-state index in [9.17, 15) is 8.78 Å². The molecule has 0 aliphatic carbocycles. The molecule has 0 aliphatic heterocycles. The molecule has 0 fully saturated rings. The molecule has 2 nitrogen and oxygen atoms in total. The maximum atomic E-state index is 12.2. The molecule has 2 aromatic carbocycles. The fourth-order valence-corrected chi connectivity index (χ4v) is 1.77. The molecule has 0 atom stereocenters. The van der Waals surface area contributed by atoms with Gasteiger partial charge in [-0.15, -0.1) is 0 Å². The van der Waals surface area contributed by atoms with E-state index in [1.807, 2.05) is 31.2 Å². The van der Waals surface area contributed by atoms with E-state index in [1.54, 1.807) is 6.07 Å². The molecular weight excluding hydrogens is 236 g/mol. The molecule has 0 aromatic heterocycles. The van der Waals surface area contributed by atoms with Crippen LogP contribution in [0.2, 0.25) is 0 Å². The zero-order valence-electron chi connectivity index (χ0n) is 9.86. The van der Waals surface area contributed by atoms with Gasteiger partial charge in [-0.05, 0) is 30.7 Å². The Hall–Kier alpha value is -2.10. The lowest BCUT2D eigenvalue weighted by Gasteiger charge is -2.10. The maximum Gasteiger partial charge on any atom is 0.387 e. The van der Waals surface area contributed by atoms with Crippen molar-refractivity contribution in [3.8, 4) is 16.9 Å². The first kappa shape index (κ1) is 12.4. The molecule has 0 radical (unpaired) electrons. The minimum Gasteiger partial charge on any atom is -0.435 e. The Balaban J connectivity index is 2.43. The summed E-state index contributed by atoms with van der Waals surface area (Å²) in [6, 6.07) is 12.2. The van der Waals surface area contributed by atoms with Gasteiger partial charge in [0.05, 0.1) is 0 Å².